The molecule has 1 saturated heterocycles. The lowest BCUT2D eigenvalue weighted by Gasteiger charge is -2.26. The summed E-state index contributed by atoms with van der Waals surface area (Å²) in [5.74, 6) is 0.531. The van der Waals surface area contributed by atoms with E-state index in [-0.39, 0.29) is 17.8 Å². The first-order chi connectivity index (χ1) is 11.2. The highest BCUT2D eigenvalue weighted by atomic mass is 16.5. The molecule has 1 saturated carbocycles. The van der Waals surface area contributed by atoms with Crippen LogP contribution in [0.5, 0.6) is 5.75 Å². The smallest absolute Gasteiger partial charge is 0.314 e. The second-order valence-corrected chi connectivity index (χ2v) is 6.63. The van der Waals surface area contributed by atoms with Gasteiger partial charge in [-0.1, -0.05) is 19.3 Å². The summed E-state index contributed by atoms with van der Waals surface area (Å²) in [6, 6.07) is 7.00. The van der Waals surface area contributed by atoms with Crippen LogP contribution in [0.1, 0.15) is 61.7 Å². The second-order valence-electron chi connectivity index (χ2n) is 6.63. The van der Waals surface area contributed by atoms with Crippen LogP contribution in [0.15, 0.2) is 24.3 Å². The number of piperidine rings is 1. The zero-order valence-corrected chi connectivity index (χ0v) is 13.6. The Morgan fingerprint density at radius 1 is 0.870 bits per heavy atom. The number of rotatable bonds is 3. The summed E-state index contributed by atoms with van der Waals surface area (Å²) in [6.45, 7) is 1.69. The quantitative estimate of drug-likeness (QED) is 0.629. The van der Waals surface area contributed by atoms with Gasteiger partial charge in [-0.05, 0) is 56.4 Å². The Morgan fingerprint density at radius 3 is 2.13 bits per heavy atom. The largest absolute Gasteiger partial charge is 0.426 e. The summed E-state index contributed by atoms with van der Waals surface area (Å²) in [5.41, 5.74) is 0.671. The molecule has 0 radical (unpaired) electrons. The van der Waals surface area contributed by atoms with Crippen LogP contribution in [0.3, 0.4) is 0 Å². The Kier molecular flexibility index (Phi) is 5.31. The van der Waals surface area contributed by atoms with E-state index in [9.17, 15) is 9.59 Å². The first-order valence-corrected chi connectivity index (χ1v) is 8.85. The minimum absolute atomic E-state index is 0.0402. The Balaban J connectivity index is 1.58. The van der Waals surface area contributed by atoms with Gasteiger partial charge in [0.25, 0.3) is 5.91 Å². The van der Waals surface area contributed by atoms with Crippen LogP contribution < -0.4 is 4.74 Å². The van der Waals surface area contributed by atoms with Gasteiger partial charge in [0.2, 0.25) is 0 Å². The van der Waals surface area contributed by atoms with E-state index in [0.717, 1.165) is 51.6 Å². The molecule has 0 aromatic heterocycles. The molecule has 1 aromatic rings. The number of likely N-dealkylation sites (tertiary alicyclic amines) is 1. The number of carbonyl (C=O) groups excluding carboxylic acids is 2. The van der Waals surface area contributed by atoms with Crippen LogP contribution in [-0.2, 0) is 4.79 Å². The molecular formula is C19H25NO3. The maximum absolute atomic E-state index is 12.4. The third-order valence-electron chi connectivity index (χ3n) is 4.90. The number of esters is 1. The molecule has 23 heavy (non-hydrogen) atoms. The van der Waals surface area contributed by atoms with Crippen molar-refractivity contribution in [2.75, 3.05) is 13.1 Å². The van der Waals surface area contributed by atoms with Gasteiger partial charge in [0.05, 0.1) is 5.92 Å². The first kappa shape index (κ1) is 16.0. The van der Waals surface area contributed by atoms with Crippen molar-refractivity contribution >= 4 is 11.9 Å². The maximum atomic E-state index is 12.4. The van der Waals surface area contributed by atoms with Crippen molar-refractivity contribution in [3.05, 3.63) is 29.8 Å². The molecule has 2 fully saturated rings. The fourth-order valence-electron chi connectivity index (χ4n) is 3.48. The number of hydrogen-bond acceptors (Lipinski definition) is 3. The van der Waals surface area contributed by atoms with Gasteiger partial charge < -0.3 is 9.64 Å². The summed E-state index contributed by atoms with van der Waals surface area (Å²) in [6.07, 6.45) is 8.70. The monoisotopic (exact) mass is 315 g/mol. The van der Waals surface area contributed by atoms with Crippen molar-refractivity contribution in [3.8, 4) is 5.75 Å². The minimum Gasteiger partial charge on any atom is -0.426 e. The highest BCUT2D eigenvalue weighted by Crippen LogP contribution is 2.26. The van der Waals surface area contributed by atoms with Crippen molar-refractivity contribution in [1.82, 2.24) is 4.90 Å². The normalized spacial score (nSPS) is 19.4. The van der Waals surface area contributed by atoms with Crippen molar-refractivity contribution in [2.45, 2.75) is 51.4 Å². The molecule has 1 amide bonds. The zero-order chi connectivity index (χ0) is 16.1. The molecule has 0 spiro atoms. The fourth-order valence-corrected chi connectivity index (χ4v) is 3.48. The number of carbonyl (C=O) groups is 2. The lowest BCUT2D eigenvalue weighted by atomic mass is 9.89. The van der Waals surface area contributed by atoms with Gasteiger partial charge in [0.1, 0.15) is 5.75 Å². The molecule has 4 nitrogen and oxygen atoms in total. The summed E-state index contributed by atoms with van der Waals surface area (Å²) in [4.78, 5) is 26.4. The number of hydrogen-bond donors (Lipinski definition) is 0. The molecule has 0 N–H and O–H groups in total. The second kappa shape index (κ2) is 7.62. The van der Waals surface area contributed by atoms with Crippen LogP contribution in [0.25, 0.3) is 0 Å². The molecule has 1 aromatic carbocycles. The molecule has 1 aliphatic carbocycles. The lowest BCUT2D eigenvalue weighted by Crippen LogP contribution is -2.35. The van der Waals surface area contributed by atoms with E-state index in [0.29, 0.717) is 11.3 Å². The molecule has 3 rings (SSSR count). The van der Waals surface area contributed by atoms with E-state index in [1.165, 1.54) is 12.8 Å². The highest BCUT2D eigenvalue weighted by Gasteiger charge is 2.23. The highest BCUT2D eigenvalue weighted by molar-refractivity contribution is 5.94. The van der Waals surface area contributed by atoms with E-state index in [4.69, 9.17) is 4.74 Å². The van der Waals surface area contributed by atoms with Crippen LogP contribution >= 0.6 is 0 Å². The third kappa shape index (κ3) is 4.12. The van der Waals surface area contributed by atoms with Gasteiger partial charge in [-0.2, -0.15) is 0 Å². The predicted molar refractivity (Wildman–Crippen MR) is 88.4 cm³/mol. The topological polar surface area (TPSA) is 46.6 Å². The van der Waals surface area contributed by atoms with Crippen LogP contribution in [0.2, 0.25) is 0 Å². The summed E-state index contributed by atoms with van der Waals surface area (Å²) >= 11 is 0. The lowest BCUT2D eigenvalue weighted by molar-refractivity contribution is -0.139. The molecule has 2 aliphatic rings. The van der Waals surface area contributed by atoms with Gasteiger partial charge in [0, 0.05) is 18.7 Å². The van der Waals surface area contributed by atoms with E-state index < -0.39 is 0 Å². The summed E-state index contributed by atoms with van der Waals surface area (Å²) < 4.78 is 5.47. The van der Waals surface area contributed by atoms with Crippen molar-refractivity contribution in [2.24, 2.45) is 5.92 Å². The Bertz CT molecular complexity index is 540. The number of benzene rings is 1. The predicted octanol–water partition coefficient (Wildman–Crippen LogP) is 3.80. The van der Waals surface area contributed by atoms with Crippen LogP contribution in [-0.4, -0.2) is 29.9 Å². The number of nitrogens with zero attached hydrogens (tertiary/aromatic N) is 1. The van der Waals surface area contributed by atoms with Gasteiger partial charge in [-0.25, -0.2) is 0 Å². The SMILES string of the molecule is O=C(Oc1ccc(C(=O)N2CCCCC2)cc1)C1CCCCC1. The third-order valence-corrected chi connectivity index (χ3v) is 4.90. The number of amides is 1. The van der Waals surface area contributed by atoms with Crippen molar-refractivity contribution < 1.29 is 14.3 Å². The minimum atomic E-state index is -0.125. The van der Waals surface area contributed by atoms with Gasteiger partial charge in [-0.15, -0.1) is 0 Å². The van der Waals surface area contributed by atoms with Gasteiger partial charge >= 0.3 is 5.97 Å². The Hall–Kier alpha value is -1.84. The first-order valence-electron chi connectivity index (χ1n) is 8.85. The van der Waals surface area contributed by atoms with Crippen LogP contribution in [0, 0.1) is 5.92 Å². The standard InChI is InChI=1S/C19H25NO3/c21-18(20-13-5-2-6-14-20)15-9-11-17(12-10-15)23-19(22)16-7-3-1-4-8-16/h9-12,16H,1-8,13-14H2. The van der Waals surface area contributed by atoms with Crippen molar-refractivity contribution in [3.63, 3.8) is 0 Å². The molecule has 0 bridgehead atoms. The van der Waals surface area contributed by atoms with E-state index in [1.54, 1.807) is 24.3 Å². The molecule has 1 heterocycles. The van der Waals surface area contributed by atoms with E-state index >= 15 is 0 Å². The maximum Gasteiger partial charge on any atom is 0.314 e. The fraction of sp³-hybridized carbons (Fsp3) is 0.579. The molecule has 0 unspecified atom stereocenters. The van der Waals surface area contributed by atoms with E-state index in [1.807, 2.05) is 4.90 Å². The Morgan fingerprint density at radius 2 is 1.48 bits per heavy atom. The Labute approximate surface area is 137 Å². The molecule has 124 valence electrons. The summed E-state index contributed by atoms with van der Waals surface area (Å²) in [5, 5.41) is 0. The average Bonchev–Trinajstić information content (AvgIpc) is 2.63. The van der Waals surface area contributed by atoms with E-state index in [2.05, 4.69) is 0 Å². The molecular weight excluding hydrogens is 290 g/mol. The molecule has 1 aliphatic heterocycles. The summed E-state index contributed by atoms with van der Waals surface area (Å²) in [7, 11) is 0. The molecule has 4 heteroatoms. The van der Waals surface area contributed by atoms with Gasteiger partial charge in [0.15, 0.2) is 0 Å². The molecule has 0 atom stereocenters. The van der Waals surface area contributed by atoms with Crippen molar-refractivity contribution in [1.29, 1.82) is 0 Å². The zero-order valence-electron chi connectivity index (χ0n) is 13.6. The average molecular weight is 315 g/mol. The number of ether oxygens (including phenoxy) is 1. The van der Waals surface area contributed by atoms with Crippen LogP contribution in [0.4, 0.5) is 0 Å². The van der Waals surface area contributed by atoms with Gasteiger partial charge in [-0.3, -0.25) is 9.59 Å².